The monoisotopic (exact) mass is 584 g/mol. The first kappa shape index (κ1) is 30.2. The Balaban J connectivity index is 1.69. The molecule has 2 amide bonds. The molecule has 0 radical (unpaired) electrons. The van der Waals surface area contributed by atoms with Crippen LogP contribution in [0.1, 0.15) is 40.8 Å². The molecule has 39 heavy (non-hydrogen) atoms. The first-order valence-corrected chi connectivity index (χ1v) is 16.4. The number of nitrogens with one attached hydrogen (secondary N) is 2. The molecule has 3 aromatic rings. The summed E-state index contributed by atoms with van der Waals surface area (Å²) in [4.78, 5) is 29.9. The van der Waals surface area contributed by atoms with Gasteiger partial charge in [-0.2, -0.15) is 11.5 Å². The molecule has 0 bridgehead atoms. The van der Waals surface area contributed by atoms with Gasteiger partial charge in [0.2, 0.25) is 0 Å². The van der Waals surface area contributed by atoms with Gasteiger partial charge >= 0.3 is 0 Å². The van der Waals surface area contributed by atoms with Crippen molar-refractivity contribution in [2.75, 3.05) is 35.9 Å². The van der Waals surface area contributed by atoms with Crippen LogP contribution in [0, 0.1) is 6.57 Å². The van der Waals surface area contributed by atoms with Crippen LogP contribution in [0.2, 0.25) is 22.5 Å². The van der Waals surface area contributed by atoms with Crippen molar-refractivity contribution in [1.29, 1.82) is 0 Å². The summed E-state index contributed by atoms with van der Waals surface area (Å²) in [6, 6.07) is 15.1. The maximum atomic E-state index is 13.2. The van der Waals surface area contributed by atoms with Crippen LogP contribution in [0.3, 0.4) is 0 Å². The Kier molecular flexibility index (Phi) is 9.80. The predicted octanol–water partition coefficient (Wildman–Crippen LogP) is 7.58. The molecule has 0 unspecified atom stereocenters. The molecule has 11 heteroatoms. The van der Waals surface area contributed by atoms with E-state index in [4.69, 9.17) is 27.3 Å². The quantitative estimate of drug-likeness (QED) is 0.146. The Morgan fingerprint density at radius 3 is 2.31 bits per heavy atom. The number of benzene rings is 2. The van der Waals surface area contributed by atoms with E-state index in [1.807, 2.05) is 0 Å². The van der Waals surface area contributed by atoms with Crippen LogP contribution >= 0.6 is 22.9 Å². The van der Waals surface area contributed by atoms with Gasteiger partial charge in [0.15, 0.2) is 8.32 Å². The van der Waals surface area contributed by atoms with Crippen LogP contribution in [-0.2, 0) is 4.43 Å². The third-order valence-electron chi connectivity index (χ3n) is 6.63. The van der Waals surface area contributed by atoms with Crippen molar-refractivity contribution in [3.05, 3.63) is 80.9 Å². The van der Waals surface area contributed by atoms with E-state index < -0.39 is 14.2 Å². The van der Waals surface area contributed by atoms with Crippen molar-refractivity contribution in [3.63, 3.8) is 0 Å². The normalized spacial score (nSPS) is 11.4. The standard InChI is InChI=1S/C28H33ClN4O4SSi/c1-28(2,3)39(6,7)37-17-16-33(30-4)20-10-8-19(9-11-20)31-26(34)22-13-12-21(36-5)18-23(22)32-27(35)24-14-15-25(29)38-24/h8-15,18H,16-17H2,1-3,5-7H3,(H,31,34)(H,32,35). The SMILES string of the molecule is [C-]#[N+]N(CCO[Si](C)(C)C(C)(C)C)c1ccc(NC(=O)c2ccc(OC)cc2NC(=O)c2ccc(Cl)s2)cc1. The Labute approximate surface area is 239 Å². The van der Waals surface area contributed by atoms with Crippen molar-refractivity contribution >= 4 is 60.1 Å². The molecular formula is C28H33ClN4O4SSi. The van der Waals surface area contributed by atoms with Gasteiger partial charge in [-0.25, -0.2) is 0 Å². The molecule has 2 aromatic carbocycles. The average Bonchev–Trinajstić information content (AvgIpc) is 3.33. The van der Waals surface area contributed by atoms with Gasteiger partial charge in [0.1, 0.15) is 18.0 Å². The van der Waals surface area contributed by atoms with Gasteiger partial charge in [-0.05, 0) is 66.7 Å². The molecule has 0 saturated heterocycles. The molecule has 0 fully saturated rings. The topological polar surface area (TPSA) is 84.3 Å². The molecule has 0 atom stereocenters. The summed E-state index contributed by atoms with van der Waals surface area (Å²) >= 11 is 7.10. The number of anilines is 3. The smallest absolute Gasteiger partial charge is 0.265 e. The Bertz CT molecular complexity index is 1360. The number of carbonyl (C=O) groups excluding carboxylic acids is 2. The highest BCUT2D eigenvalue weighted by atomic mass is 35.5. The number of carbonyl (C=O) groups is 2. The van der Waals surface area contributed by atoms with Crippen LogP contribution < -0.4 is 20.4 Å². The molecule has 206 valence electrons. The Hall–Kier alpha value is -3.36. The molecule has 1 aromatic heterocycles. The number of amides is 2. The fraction of sp³-hybridized carbons (Fsp3) is 0.321. The second kappa shape index (κ2) is 12.7. The summed E-state index contributed by atoms with van der Waals surface area (Å²) in [5.41, 5.74) is 1.82. The molecule has 3 rings (SSSR count). The minimum absolute atomic E-state index is 0.0972. The van der Waals surface area contributed by atoms with Crippen LogP contribution in [0.4, 0.5) is 17.1 Å². The molecule has 0 spiro atoms. The first-order chi connectivity index (χ1) is 18.3. The molecule has 1 heterocycles. The molecule has 0 aliphatic heterocycles. The zero-order chi connectivity index (χ0) is 28.8. The minimum Gasteiger partial charge on any atom is -0.497 e. The molecule has 0 aliphatic carbocycles. The molecule has 0 aliphatic rings. The van der Waals surface area contributed by atoms with Crippen LogP contribution in [0.15, 0.2) is 54.6 Å². The summed E-state index contributed by atoms with van der Waals surface area (Å²) in [5, 5.41) is 7.27. The molecule has 0 saturated carbocycles. The van der Waals surface area contributed by atoms with Gasteiger partial charge in [0.05, 0.1) is 34.2 Å². The number of rotatable bonds is 10. The fourth-order valence-corrected chi connectivity index (χ4v) is 5.30. The zero-order valence-electron chi connectivity index (χ0n) is 22.9. The number of ether oxygens (including phenoxy) is 1. The first-order valence-electron chi connectivity index (χ1n) is 12.3. The van der Waals surface area contributed by atoms with Gasteiger partial charge in [-0.3, -0.25) is 9.59 Å². The van der Waals surface area contributed by atoms with Crippen LogP contribution in [0.25, 0.3) is 4.95 Å². The third kappa shape index (κ3) is 7.83. The minimum atomic E-state index is -1.90. The van der Waals surface area contributed by atoms with E-state index in [-0.39, 0.29) is 16.5 Å². The van der Waals surface area contributed by atoms with E-state index in [2.05, 4.69) is 49.5 Å². The van der Waals surface area contributed by atoms with Gasteiger partial charge in [0.25, 0.3) is 11.8 Å². The van der Waals surface area contributed by atoms with Gasteiger partial charge in [-0.15, -0.1) is 11.3 Å². The highest BCUT2D eigenvalue weighted by Crippen LogP contribution is 2.36. The predicted molar refractivity (Wildman–Crippen MR) is 162 cm³/mol. The van der Waals surface area contributed by atoms with Gasteiger partial charge < -0.3 is 19.8 Å². The number of hydrogen-bond acceptors (Lipinski definition) is 6. The number of nitrogens with zero attached hydrogens (tertiary/aromatic N) is 2. The number of hydrogen-bond donors (Lipinski definition) is 2. The largest absolute Gasteiger partial charge is 0.497 e. The van der Waals surface area contributed by atoms with Crippen LogP contribution in [-0.4, -0.2) is 40.4 Å². The van der Waals surface area contributed by atoms with Crippen molar-refractivity contribution in [1.82, 2.24) is 0 Å². The molecular weight excluding hydrogens is 552 g/mol. The van der Waals surface area contributed by atoms with Gasteiger partial charge in [-0.1, -0.05) is 37.4 Å². The Morgan fingerprint density at radius 1 is 1.05 bits per heavy atom. The lowest BCUT2D eigenvalue weighted by molar-refractivity contribution is 0.102. The maximum Gasteiger partial charge on any atom is 0.265 e. The zero-order valence-corrected chi connectivity index (χ0v) is 25.5. The van der Waals surface area contributed by atoms with E-state index in [0.29, 0.717) is 45.2 Å². The van der Waals surface area contributed by atoms with Crippen LogP contribution in [0.5, 0.6) is 5.75 Å². The van der Waals surface area contributed by atoms with E-state index in [1.165, 1.54) is 7.11 Å². The van der Waals surface area contributed by atoms with E-state index in [1.54, 1.807) is 59.6 Å². The van der Waals surface area contributed by atoms with E-state index >= 15 is 0 Å². The lowest BCUT2D eigenvalue weighted by Crippen LogP contribution is -2.42. The van der Waals surface area contributed by atoms with Crippen molar-refractivity contribution in [2.24, 2.45) is 0 Å². The fourth-order valence-electron chi connectivity index (χ4n) is 3.33. The number of halogens is 1. The third-order valence-corrected chi connectivity index (χ3v) is 12.4. The highest BCUT2D eigenvalue weighted by molar-refractivity contribution is 7.18. The highest BCUT2D eigenvalue weighted by Gasteiger charge is 2.37. The van der Waals surface area contributed by atoms with E-state index in [9.17, 15) is 9.59 Å². The Morgan fingerprint density at radius 2 is 1.74 bits per heavy atom. The summed E-state index contributed by atoms with van der Waals surface area (Å²) in [6.45, 7) is 19.4. The lowest BCUT2D eigenvalue weighted by Gasteiger charge is -2.36. The summed E-state index contributed by atoms with van der Waals surface area (Å²) in [7, 11) is -0.394. The van der Waals surface area contributed by atoms with Crippen molar-refractivity contribution in [2.45, 2.75) is 38.9 Å². The number of methoxy groups -OCH3 is 1. The van der Waals surface area contributed by atoms with Crippen molar-refractivity contribution in [3.8, 4) is 5.75 Å². The number of thiophene rings is 1. The summed E-state index contributed by atoms with van der Waals surface area (Å²) in [6.07, 6.45) is 0. The van der Waals surface area contributed by atoms with Crippen molar-refractivity contribution < 1.29 is 18.8 Å². The summed E-state index contributed by atoms with van der Waals surface area (Å²) in [5.74, 6) is -0.294. The molecule has 2 N–H and O–H groups in total. The second-order valence-electron chi connectivity index (χ2n) is 10.3. The second-order valence-corrected chi connectivity index (χ2v) is 16.8. The maximum absolute atomic E-state index is 13.2. The van der Waals surface area contributed by atoms with Gasteiger partial charge in [0, 0.05) is 11.8 Å². The van der Waals surface area contributed by atoms with E-state index in [0.717, 1.165) is 11.3 Å². The summed E-state index contributed by atoms with van der Waals surface area (Å²) < 4.78 is 12.0. The average molecular weight is 585 g/mol. The molecule has 8 nitrogen and oxygen atoms in total. The lowest BCUT2D eigenvalue weighted by atomic mass is 10.1.